The number of rotatable bonds is 3. The normalized spacial score (nSPS) is 15.7. The van der Waals surface area contributed by atoms with Crippen molar-refractivity contribution in [1.82, 2.24) is 10.2 Å². The number of ether oxygens (including phenoxy) is 1. The van der Waals surface area contributed by atoms with Crippen LogP contribution >= 0.6 is 0 Å². The SMILES string of the molecule is CCOC(=O)Nc1ccc(N2CCCCCC2)nn1. The lowest BCUT2D eigenvalue weighted by atomic mass is 10.2. The molecule has 1 aliphatic heterocycles. The monoisotopic (exact) mass is 264 g/mol. The van der Waals surface area contributed by atoms with Crippen molar-refractivity contribution in [2.24, 2.45) is 0 Å². The molecule has 0 aromatic carbocycles. The van der Waals surface area contributed by atoms with Crippen molar-refractivity contribution in [1.29, 1.82) is 0 Å². The minimum Gasteiger partial charge on any atom is -0.450 e. The van der Waals surface area contributed by atoms with Gasteiger partial charge in [0.2, 0.25) is 0 Å². The van der Waals surface area contributed by atoms with E-state index in [1.54, 1.807) is 13.0 Å². The lowest BCUT2D eigenvalue weighted by Gasteiger charge is -2.20. The molecular weight excluding hydrogens is 244 g/mol. The summed E-state index contributed by atoms with van der Waals surface area (Å²) in [5.41, 5.74) is 0. The van der Waals surface area contributed by atoms with Gasteiger partial charge in [-0.1, -0.05) is 12.8 Å². The first-order valence-corrected chi connectivity index (χ1v) is 6.82. The highest BCUT2D eigenvalue weighted by atomic mass is 16.5. The summed E-state index contributed by atoms with van der Waals surface area (Å²) in [6, 6.07) is 3.64. The van der Waals surface area contributed by atoms with Gasteiger partial charge in [-0.2, -0.15) is 0 Å². The van der Waals surface area contributed by atoms with Crippen LogP contribution < -0.4 is 10.2 Å². The number of hydrogen-bond donors (Lipinski definition) is 1. The number of amides is 1. The van der Waals surface area contributed by atoms with Crippen molar-refractivity contribution >= 4 is 17.7 Å². The zero-order chi connectivity index (χ0) is 13.5. The Morgan fingerprint density at radius 1 is 1.26 bits per heavy atom. The molecule has 2 heterocycles. The highest BCUT2D eigenvalue weighted by molar-refractivity contribution is 5.83. The Bertz CT molecular complexity index is 400. The van der Waals surface area contributed by atoms with E-state index in [0.29, 0.717) is 12.4 Å². The summed E-state index contributed by atoms with van der Waals surface area (Å²) in [7, 11) is 0. The minimum absolute atomic E-state index is 0.338. The van der Waals surface area contributed by atoms with Crippen molar-refractivity contribution in [2.45, 2.75) is 32.6 Å². The van der Waals surface area contributed by atoms with Gasteiger partial charge in [0, 0.05) is 13.1 Å². The van der Waals surface area contributed by atoms with E-state index in [0.717, 1.165) is 18.9 Å². The van der Waals surface area contributed by atoms with Gasteiger partial charge in [-0.05, 0) is 31.9 Å². The molecule has 6 nitrogen and oxygen atoms in total. The van der Waals surface area contributed by atoms with Gasteiger partial charge >= 0.3 is 6.09 Å². The van der Waals surface area contributed by atoms with E-state index in [2.05, 4.69) is 20.4 Å². The van der Waals surface area contributed by atoms with Crippen LogP contribution in [-0.2, 0) is 4.74 Å². The lowest BCUT2D eigenvalue weighted by molar-refractivity contribution is 0.168. The maximum absolute atomic E-state index is 11.2. The second-order valence-corrected chi connectivity index (χ2v) is 4.52. The van der Waals surface area contributed by atoms with E-state index in [1.165, 1.54) is 25.7 Å². The predicted octanol–water partition coefficient (Wildman–Crippen LogP) is 2.43. The Labute approximate surface area is 113 Å². The van der Waals surface area contributed by atoms with E-state index >= 15 is 0 Å². The molecular formula is C13H20N4O2. The molecule has 0 spiro atoms. The predicted molar refractivity (Wildman–Crippen MR) is 73.4 cm³/mol. The molecule has 2 rings (SSSR count). The van der Waals surface area contributed by atoms with Crippen molar-refractivity contribution in [3.63, 3.8) is 0 Å². The minimum atomic E-state index is -0.501. The number of nitrogens with zero attached hydrogens (tertiary/aromatic N) is 3. The summed E-state index contributed by atoms with van der Waals surface area (Å²) in [5, 5.41) is 10.7. The molecule has 1 amide bonds. The van der Waals surface area contributed by atoms with E-state index < -0.39 is 6.09 Å². The molecule has 1 N–H and O–H groups in total. The van der Waals surface area contributed by atoms with E-state index in [9.17, 15) is 4.79 Å². The van der Waals surface area contributed by atoms with Crippen molar-refractivity contribution in [3.8, 4) is 0 Å². The van der Waals surface area contributed by atoms with E-state index in [-0.39, 0.29) is 0 Å². The number of carbonyl (C=O) groups is 1. The Balaban J connectivity index is 1.95. The van der Waals surface area contributed by atoms with Crippen molar-refractivity contribution in [3.05, 3.63) is 12.1 Å². The molecule has 0 radical (unpaired) electrons. The third kappa shape index (κ3) is 4.08. The Morgan fingerprint density at radius 3 is 2.58 bits per heavy atom. The van der Waals surface area contributed by atoms with Gasteiger partial charge in [-0.25, -0.2) is 4.79 Å². The molecule has 0 saturated carbocycles. The summed E-state index contributed by atoms with van der Waals surface area (Å²) in [5.74, 6) is 1.29. The first-order chi connectivity index (χ1) is 9.29. The largest absolute Gasteiger partial charge is 0.450 e. The van der Waals surface area contributed by atoms with Crippen LogP contribution in [0.2, 0.25) is 0 Å². The fraction of sp³-hybridized carbons (Fsp3) is 0.615. The zero-order valence-electron chi connectivity index (χ0n) is 11.3. The molecule has 0 bridgehead atoms. The lowest BCUT2D eigenvalue weighted by Crippen LogP contribution is -2.25. The molecule has 6 heteroatoms. The number of nitrogens with one attached hydrogen (secondary N) is 1. The van der Waals surface area contributed by atoms with Crippen LogP contribution in [0.25, 0.3) is 0 Å². The van der Waals surface area contributed by atoms with E-state index in [4.69, 9.17) is 4.74 Å². The van der Waals surface area contributed by atoms with Gasteiger partial charge in [0.1, 0.15) is 0 Å². The summed E-state index contributed by atoms with van der Waals surface area (Å²) in [6.45, 7) is 4.15. The third-order valence-corrected chi connectivity index (χ3v) is 3.09. The summed E-state index contributed by atoms with van der Waals surface area (Å²) < 4.78 is 4.78. The highest BCUT2D eigenvalue weighted by Crippen LogP contribution is 2.17. The molecule has 1 aliphatic rings. The maximum atomic E-state index is 11.2. The molecule has 1 aromatic rings. The molecule has 0 unspecified atom stereocenters. The van der Waals surface area contributed by atoms with Crippen LogP contribution in [0.4, 0.5) is 16.4 Å². The Hall–Kier alpha value is -1.85. The summed E-state index contributed by atoms with van der Waals surface area (Å²) >= 11 is 0. The fourth-order valence-corrected chi connectivity index (χ4v) is 2.13. The highest BCUT2D eigenvalue weighted by Gasteiger charge is 2.12. The van der Waals surface area contributed by atoms with Gasteiger partial charge in [0.25, 0.3) is 0 Å². The number of anilines is 2. The smallest absolute Gasteiger partial charge is 0.412 e. The molecule has 0 atom stereocenters. The van der Waals surface area contributed by atoms with Gasteiger partial charge < -0.3 is 9.64 Å². The third-order valence-electron chi connectivity index (χ3n) is 3.09. The van der Waals surface area contributed by atoms with Crippen LogP contribution in [0, 0.1) is 0 Å². The summed E-state index contributed by atoms with van der Waals surface area (Å²) in [6.07, 6.45) is 4.47. The molecule has 0 aliphatic carbocycles. The first kappa shape index (κ1) is 13.6. The quantitative estimate of drug-likeness (QED) is 0.908. The molecule has 104 valence electrons. The second kappa shape index (κ2) is 6.92. The van der Waals surface area contributed by atoms with Crippen LogP contribution in [0.3, 0.4) is 0 Å². The van der Waals surface area contributed by atoms with Crippen LogP contribution in [0.5, 0.6) is 0 Å². The van der Waals surface area contributed by atoms with Crippen LogP contribution in [-0.4, -0.2) is 36.0 Å². The molecule has 1 fully saturated rings. The first-order valence-electron chi connectivity index (χ1n) is 6.82. The van der Waals surface area contributed by atoms with Gasteiger partial charge in [0.05, 0.1) is 6.61 Å². The summed E-state index contributed by atoms with van der Waals surface area (Å²) in [4.78, 5) is 13.5. The van der Waals surface area contributed by atoms with Crippen LogP contribution in [0.15, 0.2) is 12.1 Å². The second-order valence-electron chi connectivity index (χ2n) is 4.52. The maximum Gasteiger partial charge on any atom is 0.412 e. The molecule has 1 saturated heterocycles. The van der Waals surface area contributed by atoms with Crippen molar-refractivity contribution < 1.29 is 9.53 Å². The Morgan fingerprint density at radius 2 is 2.00 bits per heavy atom. The average molecular weight is 264 g/mol. The van der Waals surface area contributed by atoms with Gasteiger partial charge in [-0.15, -0.1) is 10.2 Å². The number of aromatic nitrogens is 2. The topological polar surface area (TPSA) is 67.3 Å². The number of carbonyl (C=O) groups excluding carboxylic acids is 1. The van der Waals surface area contributed by atoms with Crippen LogP contribution in [0.1, 0.15) is 32.6 Å². The van der Waals surface area contributed by atoms with E-state index in [1.807, 2.05) is 6.07 Å². The molecule has 19 heavy (non-hydrogen) atoms. The van der Waals surface area contributed by atoms with Gasteiger partial charge in [-0.3, -0.25) is 5.32 Å². The number of hydrogen-bond acceptors (Lipinski definition) is 5. The van der Waals surface area contributed by atoms with Gasteiger partial charge in [0.15, 0.2) is 11.6 Å². The standard InChI is InChI=1S/C13H20N4O2/c1-2-19-13(18)14-11-7-8-12(16-15-11)17-9-5-3-4-6-10-17/h7-8H,2-6,9-10H2,1H3,(H,14,15,18). The zero-order valence-corrected chi connectivity index (χ0v) is 11.3. The molecule has 1 aromatic heterocycles. The van der Waals surface area contributed by atoms with Crippen molar-refractivity contribution in [2.75, 3.05) is 29.9 Å². The Kier molecular flexibility index (Phi) is 4.94. The average Bonchev–Trinajstić information content (AvgIpc) is 2.69. The fourth-order valence-electron chi connectivity index (χ4n) is 2.13.